The van der Waals surface area contributed by atoms with Gasteiger partial charge in [-0.2, -0.15) is 0 Å². The van der Waals surface area contributed by atoms with Gasteiger partial charge in [-0.15, -0.1) is 0 Å². The Kier molecular flexibility index (Phi) is 4.64. The normalized spacial score (nSPS) is 17.2. The topological polar surface area (TPSA) is 101 Å². The Morgan fingerprint density at radius 2 is 2.33 bits per heavy atom. The Morgan fingerprint density at radius 1 is 1.50 bits per heavy atom. The minimum Gasteiger partial charge on any atom is -0.479 e. The van der Waals surface area contributed by atoms with Gasteiger partial charge in [0.15, 0.2) is 0 Å². The number of carbonyl (C=O) groups excluding carboxylic acids is 1. The van der Waals surface area contributed by atoms with Crippen molar-refractivity contribution in [3.8, 4) is 5.88 Å². The van der Waals surface area contributed by atoms with Gasteiger partial charge in [-0.1, -0.05) is 0 Å². The molecule has 3 rings (SSSR count). The van der Waals surface area contributed by atoms with Gasteiger partial charge in [0.1, 0.15) is 11.6 Å². The summed E-state index contributed by atoms with van der Waals surface area (Å²) >= 11 is 0. The summed E-state index contributed by atoms with van der Waals surface area (Å²) in [5.74, 6) is 1.58. The van der Waals surface area contributed by atoms with Crippen molar-refractivity contribution in [3.05, 3.63) is 39.8 Å². The highest BCUT2D eigenvalue weighted by molar-refractivity contribution is 5.77. The molecule has 0 aliphatic carbocycles. The molecule has 24 heavy (non-hydrogen) atoms. The van der Waals surface area contributed by atoms with Gasteiger partial charge < -0.3 is 19.1 Å². The van der Waals surface area contributed by atoms with Crippen LogP contribution in [0.4, 0.5) is 0 Å². The standard InChI is InChI=1S/C16H20N4O4/c1-10-8-13(21)18-16(17-10)12-4-3-7-20(12)15(22)6-5-11-9-14(23-2)19-24-11/h8-9,12H,3-7H2,1-2H3,(H,17,18,21). The summed E-state index contributed by atoms with van der Waals surface area (Å²) in [5.41, 5.74) is 0.465. The third-order valence-corrected chi connectivity index (χ3v) is 4.11. The van der Waals surface area contributed by atoms with E-state index < -0.39 is 0 Å². The molecule has 0 radical (unpaired) electrons. The lowest BCUT2D eigenvalue weighted by Crippen LogP contribution is -2.32. The van der Waals surface area contributed by atoms with Gasteiger partial charge in [0.2, 0.25) is 5.91 Å². The first-order chi connectivity index (χ1) is 11.6. The molecule has 1 saturated heterocycles. The molecule has 1 unspecified atom stereocenters. The fraction of sp³-hybridized carbons (Fsp3) is 0.500. The number of amides is 1. The zero-order chi connectivity index (χ0) is 17.1. The first kappa shape index (κ1) is 16.2. The number of methoxy groups -OCH3 is 1. The van der Waals surface area contributed by atoms with Gasteiger partial charge in [-0.3, -0.25) is 9.59 Å². The highest BCUT2D eigenvalue weighted by Crippen LogP contribution is 2.30. The van der Waals surface area contributed by atoms with Gasteiger partial charge in [0.05, 0.1) is 13.2 Å². The van der Waals surface area contributed by atoms with Crippen LogP contribution in [0.3, 0.4) is 0 Å². The molecule has 0 saturated carbocycles. The van der Waals surface area contributed by atoms with Crippen molar-refractivity contribution in [2.24, 2.45) is 0 Å². The number of nitrogens with one attached hydrogen (secondary N) is 1. The van der Waals surface area contributed by atoms with Gasteiger partial charge >= 0.3 is 0 Å². The molecule has 8 heteroatoms. The van der Waals surface area contributed by atoms with Crippen molar-refractivity contribution in [3.63, 3.8) is 0 Å². The SMILES string of the molecule is COc1cc(CCC(=O)N2CCCC2c2nc(C)cc(=O)[nH]2)on1. The van der Waals surface area contributed by atoms with Crippen molar-refractivity contribution in [1.82, 2.24) is 20.0 Å². The molecule has 8 nitrogen and oxygen atoms in total. The average Bonchev–Trinajstić information content (AvgIpc) is 3.20. The van der Waals surface area contributed by atoms with Crippen LogP contribution >= 0.6 is 0 Å². The maximum atomic E-state index is 12.6. The molecule has 0 bridgehead atoms. The number of carbonyl (C=O) groups is 1. The highest BCUT2D eigenvalue weighted by Gasteiger charge is 2.31. The fourth-order valence-corrected chi connectivity index (χ4v) is 2.99. The number of likely N-dealkylation sites (tertiary alicyclic amines) is 1. The van der Waals surface area contributed by atoms with E-state index in [1.807, 2.05) is 0 Å². The number of rotatable bonds is 5. The molecule has 3 heterocycles. The summed E-state index contributed by atoms with van der Waals surface area (Å²) in [4.78, 5) is 33.1. The smallest absolute Gasteiger partial charge is 0.254 e. The predicted molar refractivity (Wildman–Crippen MR) is 84.7 cm³/mol. The Hall–Kier alpha value is -2.64. The van der Waals surface area contributed by atoms with Crippen molar-refractivity contribution in [1.29, 1.82) is 0 Å². The summed E-state index contributed by atoms with van der Waals surface area (Å²) in [5, 5.41) is 3.72. The number of nitrogens with zero attached hydrogens (tertiary/aromatic N) is 3. The molecule has 0 aromatic carbocycles. The quantitative estimate of drug-likeness (QED) is 0.887. The van der Waals surface area contributed by atoms with Crippen LogP contribution in [0.25, 0.3) is 0 Å². The largest absolute Gasteiger partial charge is 0.479 e. The zero-order valence-corrected chi connectivity index (χ0v) is 13.7. The summed E-state index contributed by atoms with van der Waals surface area (Å²) in [7, 11) is 1.51. The molecule has 2 aromatic rings. The van der Waals surface area contributed by atoms with Crippen LogP contribution in [0.15, 0.2) is 21.5 Å². The van der Waals surface area contributed by atoms with E-state index in [9.17, 15) is 9.59 Å². The van der Waals surface area contributed by atoms with Crippen molar-refractivity contribution in [2.45, 2.75) is 38.6 Å². The van der Waals surface area contributed by atoms with Crippen molar-refractivity contribution >= 4 is 5.91 Å². The van der Waals surface area contributed by atoms with Crippen LogP contribution in [0.1, 0.15) is 42.6 Å². The first-order valence-electron chi connectivity index (χ1n) is 7.93. The molecule has 1 N–H and O–H groups in total. The van der Waals surface area contributed by atoms with Crippen LogP contribution in [0.2, 0.25) is 0 Å². The molecule has 1 atom stereocenters. The summed E-state index contributed by atoms with van der Waals surface area (Å²) in [6, 6.07) is 2.95. The average molecular weight is 332 g/mol. The maximum absolute atomic E-state index is 12.6. The Morgan fingerprint density at radius 3 is 3.04 bits per heavy atom. The van der Waals surface area contributed by atoms with E-state index >= 15 is 0 Å². The first-order valence-corrected chi connectivity index (χ1v) is 7.93. The molecular weight excluding hydrogens is 312 g/mol. The molecule has 2 aromatic heterocycles. The lowest BCUT2D eigenvalue weighted by molar-refractivity contribution is -0.132. The number of aromatic nitrogens is 3. The summed E-state index contributed by atoms with van der Waals surface area (Å²) in [6.07, 6.45) is 2.46. The Labute approximate surface area is 138 Å². The highest BCUT2D eigenvalue weighted by atomic mass is 16.5. The minimum atomic E-state index is -0.189. The molecule has 0 spiro atoms. The van der Waals surface area contributed by atoms with Gasteiger partial charge in [-0.05, 0) is 24.9 Å². The van der Waals surface area contributed by atoms with Crippen LogP contribution in [-0.2, 0) is 11.2 Å². The number of aryl methyl sites for hydroxylation is 2. The second-order valence-corrected chi connectivity index (χ2v) is 5.85. The van der Waals surface area contributed by atoms with Gasteiger partial charge in [-0.25, -0.2) is 4.98 Å². The predicted octanol–water partition coefficient (Wildman–Crippen LogP) is 1.37. The number of hydrogen-bond donors (Lipinski definition) is 1. The molecule has 1 aliphatic heterocycles. The molecule has 1 fully saturated rings. The second kappa shape index (κ2) is 6.86. The zero-order valence-electron chi connectivity index (χ0n) is 13.7. The molecular formula is C16H20N4O4. The number of ether oxygens (including phenoxy) is 1. The minimum absolute atomic E-state index is 0.0111. The number of hydrogen-bond acceptors (Lipinski definition) is 6. The van der Waals surface area contributed by atoms with Crippen LogP contribution in [-0.4, -0.2) is 39.6 Å². The van der Waals surface area contributed by atoms with E-state index in [1.165, 1.54) is 13.2 Å². The van der Waals surface area contributed by atoms with E-state index in [1.54, 1.807) is 17.9 Å². The van der Waals surface area contributed by atoms with Crippen LogP contribution in [0, 0.1) is 6.92 Å². The third-order valence-electron chi connectivity index (χ3n) is 4.11. The third kappa shape index (κ3) is 3.47. The van der Waals surface area contributed by atoms with E-state index in [0.717, 1.165) is 12.8 Å². The van der Waals surface area contributed by atoms with Gasteiger partial charge in [0, 0.05) is 37.2 Å². The number of aromatic amines is 1. The summed E-state index contributed by atoms with van der Waals surface area (Å²) < 4.78 is 10.1. The molecule has 1 aliphatic rings. The van der Waals surface area contributed by atoms with Crippen molar-refractivity contribution in [2.75, 3.05) is 13.7 Å². The van der Waals surface area contributed by atoms with E-state index in [4.69, 9.17) is 9.26 Å². The maximum Gasteiger partial charge on any atom is 0.254 e. The molecule has 128 valence electrons. The Bertz CT molecular complexity index is 782. The lowest BCUT2D eigenvalue weighted by atomic mass is 10.1. The lowest BCUT2D eigenvalue weighted by Gasteiger charge is -2.24. The van der Waals surface area contributed by atoms with Crippen LogP contribution in [0.5, 0.6) is 5.88 Å². The summed E-state index contributed by atoms with van der Waals surface area (Å²) in [6.45, 7) is 2.44. The van der Waals surface area contributed by atoms with E-state index in [-0.39, 0.29) is 17.5 Å². The van der Waals surface area contributed by atoms with Crippen molar-refractivity contribution < 1.29 is 14.1 Å². The second-order valence-electron chi connectivity index (χ2n) is 5.85. The monoisotopic (exact) mass is 332 g/mol. The van der Waals surface area contributed by atoms with E-state index in [0.29, 0.717) is 42.5 Å². The van der Waals surface area contributed by atoms with Crippen LogP contribution < -0.4 is 10.3 Å². The molecule has 1 amide bonds. The fourth-order valence-electron chi connectivity index (χ4n) is 2.99. The van der Waals surface area contributed by atoms with E-state index in [2.05, 4.69) is 15.1 Å². The van der Waals surface area contributed by atoms with Gasteiger partial charge in [0.25, 0.3) is 11.4 Å². The number of H-pyrrole nitrogens is 1. The Balaban J connectivity index is 1.68.